The van der Waals surface area contributed by atoms with Gasteiger partial charge in [0.1, 0.15) is 5.82 Å². The Kier molecular flexibility index (Phi) is 6.08. The van der Waals surface area contributed by atoms with E-state index in [0.717, 1.165) is 50.3 Å². The average Bonchev–Trinajstić information content (AvgIpc) is 2.93. The maximum absolute atomic E-state index is 13.3. The summed E-state index contributed by atoms with van der Waals surface area (Å²) in [4.78, 5) is 7.70. The summed E-state index contributed by atoms with van der Waals surface area (Å²) in [6.07, 6.45) is 0. The van der Waals surface area contributed by atoms with E-state index in [-0.39, 0.29) is 5.82 Å². The SMILES string of the molecule is Fc1ccc(CN2CCN3c4ccccc4CN(Cc4ccc(Br)cc4)C[C@H]3C2)cc1. The summed E-state index contributed by atoms with van der Waals surface area (Å²) >= 11 is 3.54. The van der Waals surface area contributed by atoms with E-state index < -0.39 is 0 Å². The van der Waals surface area contributed by atoms with Gasteiger partial charge in [0.25, 0.3) is 0 Å². The Bertz CT molecular complexity index is 1020. The van der Waals surface area contributed by atoms with Crippen LogP contribution in [-0.4, -0.2) is 42.0 Å². The Hall–Kier alpha value is -2.21. The smallest absolute Gasteiger partial charge is 0.123 e. The monoisotopic (exact) mass is 479 g/mol. The number of anilines is 1. The van der Waals surface area contributed by atoms with E-state index in [4.69, 9.17) is 0 Å². The normalized spacial score (nSPS) is 19.5. The van der Waals surface area contributed by atoms with Crippen molar-refractivity contribution in [2.75, 3.05) is 31.1 Å². The standard InChI is InChI=1S/C26H27BrFN3/c27-23-9-5-20(6-10-23)16-30-17-22-3-1-2-4-26(22)31-14-13-29(18-25(31)19-30)15-21-7-11-24(28)12-8-21/h1-12,25H,13-19H2/t25-/m1/s1. The van der Waals surface area contributed by atoms with Crippen molar-refractivity contribution in [2.45, 2.75) is 25.7 Å². The number of benzene rings is 3. The van der Waals surface area contributed by atoms with Crippen LogP contribution in [0, 0.1) is 5.82 Å². The average molecular weight is 480 g/mol. The van der Waals surface area contributed by atoms with Crippen molar-refractivity contribution in [1.82, 2.24) is 9.80 Å². The van der Waals surface area contributed by atoms with Gasteiger partial charge in [0, 0.05) is 56.0 Å². The van der Waals surface area contributed by atoms with Crippen molar-refractivity contribution in [3.8, 4) is 0 Å². The zero-order valence-electron chi connectivity index (χ0n) is 17.6. The van der Waals surface area contributed by atoms with E-state index in [2.05, 4.69) is 79.2 Å². The van der Waals surface area contributed by atoms with Crippen molar-refractivity contribution in [3.63, 3.8) is 0 Å². The van der Waals surface area contributed by atoms with Crippen LogP contribution in [-0.2, 0) is 19.6 Å². The Morgan fingerprint density at radius 1 is 0.774 bits per heavy atom. The number of rotatable bonds is 4. The predicted octanol–water partition coefficient (Wildman–Crippen LogP) is 5.29. The number of halogens is 2. The van der Waals surface area contributed by atoms with Gasteiger partial charge in [0.15, 0.2) is 0 Å². The first-order chi connectivity index (χ1) is 15.1. The molecule has 2 aliphatic heterocycles. The molecule has 0 amide bonds. The molecule has 0 N–H and O–H groups in total. The minimum Gasteiger partial charge on any atom is -0.364 e. The molecule has 0 radical (unpaired) electrons. The number of hydrogen-bond acceptors (Lipinski definition) is 3. The molecule has 2 aliphatic rings. The molecule has 1 fully saturated rings. The molecule has 31 heavy (non-hydrogen) atoms. The summed E-state index contributed by atoms with van der Waals surface area (Å²) < 4.78 is 14.4. The topological polar surface area (TPSA) is 9.72 Å². The van der Waals surface area contributed by atoms with Crippen LogP contribution in [0.5, 0.6) is 0 Å². The second kappa shape index (κ2) is 9.11. The number of fused-ring (bicyclic) bond motifs is 3. The maximum atomic E-state index is 13.3. The van der Waals surface area contributed by atoms with Crippen LogP contribution in [0.1, 0.15) is 16.7 Å². The molecule has 160 valence electrons. The molecule has 0 saturated carbocycles. The van der Waals surface area contributed by atoms with Crippen LogP contribution in [0.15, 0.2) is 77.3 Å². The van der Waals surface area contributed by atoms with Crippen LogP contribution in [0.3, 0.4) is 0 Å². The molecule has 0 aliphatic carbocycles. The van der Waals surface area contributed by atoms with Crippen LogP contribution < -0.4 is 4.90 Å². The van der Waals surface area contributed by atoms with Gasteiger partial charge in [-0.25, -0.2) is 4.39 Å². The first-order valence-corrected chi connectivity index (χ1v) is 11.7. The second-order valence-corrected chi connectivity index (χ2v) is 9.55. The van der Waals surface area contributed by atoms with Crippen molar-refractivity contribution in [3.05, 3.63) is 99.8 Å². The Morgan fingerprint density at radius 3 is 2.19 bits per heavy atom. The van der Waals surface area contributed by atoms with Crippen molar-refractivity contribution < 1.29 is 4.39 Å². The van der Waals surface area contributed by atoms with E-state index in [1.165, 1.54) is 22.4 Å². The van der Waals surface area contributed by atoms with Crippen LogP contribution in [0.25, 0.3) is 0 Å². The van der Waals surface area contributed by atoms with Gasteiger partial charge in [-0.3, -0.25) is 9.80 Å². The van der Waals surface area contributed by atoms with E-state index in [9.17, 15) is 4.39 Å². The third kappa shape index (κ3) is 4.84. The van der Waals surface area contributed by atoms with Crippen LogP contribution >= 0.6 is 15.9 Å². The number of hydrogen-bond donors (Lipinski definition) is 0. The molecule has 3 nitrogen and oxygen atoms in total. The van der Waals surface area contributed by atoms with Crippen molar-refractivity contribution in [2.24, 2.45) is 0 Å². The summed E-state index contributed by atoms with van der Waals surface area (Å²) in [5.74, 6) is -0.169. The van der Waals surface area contributed by atoms with Crippen molar-refractivity contribution >= 4 is 21.6 Å². The van der Waals surface area contributed by atoms with Gasteiger partial charge >= 0.3 is 0 Å². The number of nitrogens with zero attached hydrogens (tertiary/aromatic N) is 3. The van der Waals surface area contributed by atoms with Crippen molar-refractivity contribution in [1.29, 1.82) is 0 Å². The highest BCUT2D eigenvalue weighted by molar-refractivity contribution is 9.10. The Labute approximate surface area is 192 Å². The van der Waals surface area contributed by atoms with E-state index in [1.807, 2.05) is 12.1 Å². The lowest BCUT2D eigenvalue weighted by atomic mass is 10.1. The first kappa shape index (κ1) is 20.7. The molecule has 0 bridgehead atoms. The highest BCUT2D eigenvalue weighted by Crippen LogP contribution is 2.31. The third-order valence-electron chi connectivity index (χ3n) is 6.37. The Morgan fingerprint density at radius 2 is 1.42 bits per heavy atom. The maximum Gasteiger partial charge on any atom is 0.123 e. The van der Waals surface area contributed by atoms with Gasteiger partial charge in [-0.15, -0.1) is 0 Å². The van der Waals surface area contributed by atoms with Gasteiger partial charge < -0.3 is 4.90 Å². The molecule has 0 spiro atoms. The zero-order chi connectivity index (χ0) is 21.2. The number of para-hydroxylation sites is 1. The minimum atomic E-state index is -0.169. The quantitative estimate of drug-likeness (QED) is 0.502. The summed E-state index contributed by atoms with van der Waals surface area (Å²) in [6.45, 7) is 6.89. The molecule has 3 aromatic carbocycles. The largest absolute Gasteiger partial charge is 0.364 e. The van der Waals surface area contributed by atoms with Crippen LogP contribution in [0.4, 0.5) is 10.1 Å². The molecule has 0 unspecified atom stereocenters. The second-order valence-electron chi connectivity index (χ2n) is 8.63. The Balaban J connectivity index is 1.36. The van der Waals surface area contributed by atoms with E-state index in [0.29, 0.717) is 6.04 Å². The lowest BCUT2D eigenvalue weighted by molar-refractivity contribution is 0.172. The minimum absolute atomic E-state index is 0.169. The molecule has 0 aromatic heterocycles. The van der Waals surface area contributed by atoms with Crippen LogP contribution in [0.2, 0.25) is 0 Å². The molecule has 1 atom stereocenters. The highest BCUT2D eigenvalue weighted by Gasteiger charge is 2.32. The van der Waals surface area contributed by atoms with Gasteiger partial charge in [0.2, 0.25) is 0 Å². The highest BCUT2D eigenvalue weighted by atomic mass is 79.9. The van der Waals surface area contributed by atoms with E-state index >= 15 is 0 Å². The fourth-order valence-electron chi connectivity index (χ4n) is 4.88. The van der Waals surface area contributed by atoms with Gasteiger partial charge in [-0.05, 0) is 47.0 Å². The molecule has 1 saturated heterocycles. The van der Waals surface area contributed by atoms with Gasteiger partial charge in [-0.1, -0.05) is 58.4 Å². The van der Waals surface area contributed by atoms with E-state index in [1.54, 1.807) is 12.1 Å². The van der Waals surface area contributed by atoms with Gasteiger partial charge in [-0.2, -0.15) is 0 Å². The molecule has 2 heterocycles. The third-order valence-corrected chi connectivity index (χ3v) is 6.90. The molecule has 5 heteroatoms. The molecule has 5 rings (SSSR count). The summed E-state index contributed by atoms with van der Waals surface area (Å²) in [6, 6.07) is 24.9. The lowest BCUT2D eigenvalue weighted by Crippen LogP contribution is -2.55. The summed E-state index contributed by atoms with van der Waals surface area (Å²) in [7, 11) is 0. The zero-order valence-corrected chi connectivity index (χ0v) is 19.1. The molecular weight excluding hydrogens is 453 g/mol. The molecule has 3 aromatic rings. The number of piperazine rings is 1. The predicted molar refractivity (Wildman–Crippen MR) is 128 cm³/mol. The fraction of sp³-hybridized carbons (Fsp3) is 0.308. The summed E-state index contributed by atoms with van der Waals surface area (Å²) in [5, 5.41) is 0. The summed E-state index contributed by atoms with van der Waals surface area (Å²) in [5.41, 5.74) is 5.31. The fourth-order valence-corrected chi connectivity index (χ4v) is 5.15. The van der Waals surface area contributed by atoms with Gasteiger partial charge in [0.05, 0.1) is 6.04 Å². The molecular formula is C26H27BrFN3. The lowest BCUT2D eigenvalue weighted by Gasteiger charge is -2.43. The first-order valence-electron chi connectivity index (χ1n) is 10.9.